The normalized spacial score (nSPS) is 10.2. The van der Waals surface area contributed by atoms with Crippen molar-refractivity contribution in [1.29, 1.82) is 10.9 Å². The summed E-state index contributed by atoms with van der Waals surface area (Å²) in [5, 5.41) is 21.5. The van der Waals surface area contributed by atoms with Gasteiger partial charge in [-0.25, -0.2) is 9.99 Å². The van der Waals surface area contributed by atoms with Crippen molar-refractivity contribution in [2.24, 2.45) is 5.22 Å². The lowest BCUT2D eigenvalue weighted by Gasteiger charge is -2.17. The molecule has 0 atom stereocenters. The van der Waals surface area contributed by atoms with Crippen molar-refractivity contribution in [2.45, 2.75) is 6.54 Å². The van der Waals surface area contributed by atoms with Crippen molar-refractivity contribution >= 4 is 17.4 Å². The number of rotatable bonds is 6. The van der Waals surface area contributed by atoms with Gasteiger partial charge >= 0.3 is 0 Å². The van der Waals surface area contributed by atoms with Crippen LogP contribution in [-0.2, 0) is 6.54 Å². The van der Waals surface area contributed by atoms with E-state index >= 15 is 0 Å². The summed E-state index contributed by atoms with van der Waals surface area (Å²) in [6.07, 6.45) is 1.58. The first kappa shape index (κ1) is 16.9. The number of benzene rings is 1. The molecular formula is C15H16ClN5O2. The maximum Gasteiger partial charge on any atom is 0.221 e. The van der Waals surface area contributed by atoms with E-state index in [0.717, 1.165) is 21.7 Å². The Kier molecular flexibility index (Phi) is 5.61. The minimum absolute atomic E-state index is 0.146. The van der Waals surface area contributed by atoms with Crippen LogP contribution in [0.25, 0.3) is 11.1 Å². The molecule has 0 aliphatic carbocycles. The zero-order valence-electron chi connectivity index (χ0n) is 12.5. The molecule has 0 aliphatic rings. The highest BCUT2D eigenvalue weighted by Gasteiger charge is 2.13. The summed E-state index contributed by atoms with van der Waals surface area (Å²) in [7, 11) is 1.53. The highest BCUT2D eigenvalue weighted by molar-refractivity contribution is 6.30. The fourth-order valence-electron chi connectivity index (χ4n) is 2.05. The molecule has 0 fully saturated rings. The molecule has 120 valence electrons. The maximum atomic E-state index is 9.00. The molecule has 1 heterocycles. The van der Waals surface area contributed by atoms with E-state index in [9.17, 15) is 0 Å². The number of aromatic nitrogens is 1. The third-order valence-corrected chi connectivity index (χ3v) is 3.39. The molecule has 0 radical (unpaired) electrons. The van der Waals surface area contributed by atoms with Crippen molar-refractivity contribution < 1.29 is 9.84 Å². The van der Waals surface area contributed by atoms with E-state index in [0.29, 0.717) is 10.9 Å². The third-order valence-electron chi connectivity index (χ3n) is 3.15. The van der Waals surface area contributed by atoms with Crippen molar-refractivity contribution in [3.05, 3.63) is 47.1 Å². The molecule has 0 saturated carbocycles. The number of amidine groups is 1. The van der Waals surface area contributed by atoms with E-state index < -0.39 is 6.61 Å². The Labute approximate surface area is 138 Å². The second-order valence-corrected chi connectivity index (χ2v) is 5.11. The lowest BCUT2D eigenvalue weighted by atomic mass is 10.1. The number of halogens is 1. The average molecular weight is 334 g/mol. The van der Waals surface area contributed by atoms with Gasteiger partial charge in [-0.1, -0.05) is 29.0 Å². The van der Waals surface area contributed by atoms with E-state index in [1.807, 2.05) is 18.2 Å². The molecule has 0 aliphatic heterocycles. The molecule has 1 aromatic carbocycles. The molecule has 8 heteroatoms. The van der Waals surface area contributed by atoms with E-state index in [4.69, 9.17) is 32.4 Å². The van der Waals surface area contributed by atoms with Crippen molar-refractivity contribution in [1.82, 2.24) is 9.99 Å². The SMILES string of the molecule is COc1ncc(CN(N=N)C(=N)CO)cc1-c1cccc(Cl)c1. The van der Waals surface area contributed by atoms with Crippen LogP contribution >= 0.6 is 11.6 Å². The fraction of sp³-hybridized carbons (Fsp3) is 0.200. The average Bonchev–Trinajstić information content (AvgIpc) is 2.58. The zero-order valence-corrected chi connectivity index (χ0v) is 13.2. The Morgan fingerprint density at radius 2 is 2.22 bits per heavy atom. The second kappa shape index (κ2) is 7.66. The summed E-state index contributed by atoms with van der Waals surface area (Å²) in [6, 6.07) is 9.12. The van der Waals surface area contributed by atoms with Crippen LogP contribution in [-0.4, -0.2) is 34.7 Å². The molecular weight excluding hydrogens is 318 g/mol. The third kappa shape index (κ3) is 4.02. The molecule has 0 spiro atoms. The van der Waals surface area contributed by atoms with Gasteiger partial charge in [0.05, 0.1) is 13.7 Å². The topological polar surface area (TPSA) is 106 Å². The molecule has 7 nitrogen and oxygen atoms in total. The van der Waals surface area contributed by atoms with Crippen molar-refractivity contribution in [3.8, 4) is 17.0 Å². The van der Waals surface area contributed by atoms with E-state index in [1.54, 1.807) is 18.3 Å². The quantitative estimate of drug-likeness (QED) is 0.327. The van der Waals surface area contributed by atoms with Gasteiger partial charge < -0.3 is 9.84 Å². The Morgan fingerprint density at radius 3 is 2.83 bits per heavy atom. The lowest BCUT2D eigenvalue weighted by Crippen LogP contribution is -2.26. The van der Waals surface area contributed by atoms with Crippen LogP contribution in [0.4, 0.5) is 0 Å². The van der Waals surface area contributed by atoms with Gasteiger partial charge in [-0.15, -0.1) is 0 Å². The smallest absolute Gasteiger partial charge is 0.221 e. The standard InChI is InChI=1S/C15H16ClN5O2/c1-23-15-13(11-3-2-4-12(16)6-11)5-10(7-19-15)8-21(20-18)14(17)9-22/h2-7,17-18,22H,8-9H2,1H3. The first-order chi connectivity index (χ1) is 11.1. The molecule has 0 unspecified atom stereocenters. The van der Waals surface area contributed by atoms with Crippen LogP contribution in [0.5, 0.6) is 5.88 Å². The van der Waals surface area contributed by atoms with Crippen LogP contribution < -0.4 is 4.74 Å². The van der Waals surface area contributed by atoms with E-state index in [2.05, 4.69) is 10.2 Å². The van der Waals surface area contributed by atoms with E-state index in [1.165, 1.54) is 7.11 Å². The number of methoxy groups -OCH3 is 1. The number of nitrogens with one attached hydrogen (secondary N) is 2. The Morgan fingerprint density at radius 1 is 1.43 bits per heavy atom. The molecule has 3 N–H and O–H groups in total. The van der Waals surface area contributed by atoms with Gasteiger partial charge in [0.2, 0.25) is 5.88 Å². The van der Waals surface area contributed by atoms with Crippen molar-refractivity contribution in [3.63, 3.8) is 0 Å². The summed E-state index contributed by atoms with van der Waals surface area (Å²) < 4.78 is 5.28. The monoisotopic (exact) mass is 333 g/mol. The summed E-state index contributed by atoms with van der Waals surface area (Å²) in [5.41, 5.74) is 9.41. The fourth-order valence-corrected chi connectivity index (χ4v) is 2.24. The van der Waals surface area contributed by atoms with Crippen LogP contribution in [0.2, 0.25) is 5.02 Å². The first-order valence-electron chi connectivity index (χ1n) is 6.71. The molecule has 0 saturated heterocycles. The van der Waals surface area contributed by atoms with Gasteiger partial charge in [-0.05, 0) is 29.3 Å². The van der Waals surface area contributed by atoms with Gasteiger partial charge in [0, 0.05) is 16.8 Å². The van der Waals surface area contributed by atoms with Crippen LogP contribution in [0.1, 0.15) is 5.56 Å². The Balaban J connectivity index is 2.39. The number of nitrogens with zero attached hydrogens (tertiary/aromatic N) is 3. The number of aliphatic hydroxyl groups excluding tert-OH is 1. The maximum absolute atomic E-state index is 9.00. The van der Waals surface area contributed by atoms with Gasteiger partial charge in [0.25, 0.3) is 0 Å². The number of aliphatic hydroxyl groups is 1. The van der Waals surface area contributed by atoms with Gasteiger partial charge in [0.15, 0.2) is 0 Å². The predicted octanol–water partition coefficient (Wildman–Crippen LogP) is 3.13. The highest BCUT2D eigenvalue weighted by atomic mass is 35.5. The van der Waals surface area contributed by atoms with Crippen LogP contribution in [0.15, 0.2) is 41.8 Å². The van der Waals surface area contributed by atoms with Gasteiger partial charge in [-0.3, -0.25) is 5.41 Å². The number of hydrogen-bond donors (Lipinski definition) is 3. The van der Waals surface area contributed by atoms with Crippen molar-refractivity contribution in [2.75, 3.05) is 13.7 Å². The summed E-state index contributed by atoms with van der Waals surface area (Å²) in [4.78, 5) is 4.25. The largest absolute Gasteiger partial charge is 0.481 e. The molecule has 0 amide bonds. The molecule has 2 aromatic rings. The molecule has 23 heavy (non-hydrogen) atoms. The minimum atomic E-state index is -0.493. The number of ether oxygens (including phenoxy) is 1. The number of pyridine rings is 1. The van der Waals surface area contributed by atoms with E-state index in [-0.39, 0.29) is 12.4 Å². The number of hydrogen-bond acceptors (Lipinski definition) is 6. The minimum Gasteiger partial charge on any atom is -0.481 e. The summed E-state index contributed by atoms with van der Waals surface area (Å²) in [5.74, 6) is 0.280. The second-order valence-electron chi connectivity index (χ2n) is 4.67. The molecule has 2 rings (SSSR count). The predicted molar refractivity (Wildman–Crippen MR) is 86.7 cm³/mol. The Hall–Kier alpha value is -2.51. The highest BCUT2D eigenvalue weighted by Crippen LogP contribution is 2.30. The van der Waals surface area contributed by atoms with Crippen LogP contribution in [0.3, 0.4) is 0 Å². The first-order valence-corrected chi connectivity index (χ1v) is 7.09. The van der Waals surface area contributed by atoms with Crippen LogP contribution in [0, 0.1) is 10.9 Å². The lowest BCUT2D eigenvalue weighted by molar-refractivity contribution is 0.307. The van der Waals surface area contributed by atoms with Gasteiger partial charge in [0.1, 0.15) is 12.4 Å². The Bertz CT molecular complexity index is 723. The molecule has 1 aromatic heterocycles. The summed E-state index contributed by atoms with van der Waals surface area (Å²) in [6.45, 7) is -0.347. The zero-order chi connectivity index (χ0) is 16.8. The summed E-state index contributed by atoms with van der Waals surface area (Å²) >= 11 is 6.03. The van der Waals surface area contributed by atoms with Gasteiger partial charge in [-0.2, -0.15) is 5.53 Å². The molecule has 0 bridgehead atoms.